The van der Waals surface area contributed by atoms with Crippen molar-refractivity contribution in [1.29, 1.82) is 0 Å². The van der Waals surface area contributed by atoms with Crippen LogP contribution in [0.4, 0.5) is 5.95 Å². The van der Waals surface area contributed by atoms with E-state index in [1.807, 2.05) is 48.6 Å². The van der Waals surface area contributed by atoms with Crippen molar-refractivity contribution >= 4 is 21.9 Å². The van der Waals surface area contributed by atoms with Crippen LogP contribution in [0.5, 0.6) is 0 Å². The van der Waals surface area contributed by atoms with E-state index in [2.05, 4.69) is 25.9 Å². The van der Waals surface area contributed by atoms with Crippen LogP contribution in [0.15, 0.2) is 41.1 Å². The van der Waals surface area contributed by atoms with E-state index in [0.717, 1.165) is 34.5 Å². The maximum absolute atomic E-state index is 5.50. The predicted molar refractivity (Wildman–Crippen MR) is 82.1 cm³/mol. The number of hydrogen-bond donors (Lipinski definition) is 1. The van der Waals surface area contributed by atoms with Gasteiger partial charge in [-0.1, -0.05) is 28.1 Å². The van der Waals surface area contributed by atoms with Gasteiger partial charge in [0.1, 0.15) is 0 Å². The Bertz CT molecular complexity index is 510. The lowest BCUT2D eigenvalue weighted by Crippen LogP contribution is -2.22. The second-order valence-corrected chi connectivity index (χ2v) is 5.26. The van der Waals surface area contributed by atoms with Crippen LogP contribution in [-0.4, -0.2) is 30.1 Å². The van der Waals surface area contributed by atoms with Crippen molar-refractivity contribution in [1.82, 2.24) is 9.97 Å². The van der Waals surface area contributed by atoms with Crippen molar-refractivity contribution in [3.8, 4) is 11.1 Å². The summed E-state index contributed by atoms with van der Waals surface area (Å²) in [5, 5.41) is 0. The zero-order chi connectivity index (χ0) is 13.7. The van der Waals surface area contributed by atoms with Crippen LogP contribution < -0.4 is 10.6 Å². The maximum Gasteiger partial charge on any atom is 0.225 e. The molecule has 100 valence electrons. The lowest BCUT2D eigenvalue weighted by molar-refractivity contribution is 0.775. The van der Waals surface area contributed by atoms with E-state index in [4.69, 9.17) is 5.73 Å². The third kappa shape index (κ3) is 3.75. The molecule has 5 heteroatoms. The highest BCUT2D eigenvalue weighted by Crippen LogP contribution is 2.21. The second kappa shape index (κ2) is 6.63. The fourth-order valence-corrected chi connectivity index (χ4v) is 2.00. The molecule has 19 heavy (non-hydrogen) atoms. The van der Waals surface area contributed by atoms with Crippen molar-refractivity contribution < 1.29 is 0 Å². The van der Waals surface area contributed by atoms with Crippen LogP contribution in [0, 0.1) is 0 Å². The monoisotopic (exact) mass is 320 g/mol. The fraction of sp³-hybridized carbons (Fsp3) is 0.286. The number of nitrogens with zero attached hydrogens (tertiary/aromatic N) is 3. The first-order valence-electron chi connectivity index (χ1n) is 6.20. The molecule has 0 amide bonds. The smallest absolute Gasteiger partial charge is 0.225 e. The van der Waals surface area contributed by atoms with Crippen LogP contribution in [0.25, 0.3) is 11.1 Å². The molecule has 1 aromatic carbocycles. The molecule has 0 atom stereocenters. The lowest BCUT2D eigenvalue weighted by atomic mass is 10.1. The van der Waals surface area contributed by atoms with Gasteiger partial charge in [-0.3, -0.25) is 0 Å². The van der Waals surface area contributed by atoms with Crippen LogP contribution in [0.2, 0.25) is 0 Å². The Morgan fingerprint density at radius 2 is 1.74 bits per heavy atom. The summed E-state index contributed by atoms with van der Waals surface area (Å²) in [6, 6.07) is 8.11. The first-order chi connectivity index (χ1) is 9.20. The summed E-state index contributed by atoms with van der Waals surface area (Å²) < 4.78 is 1.07. The Labute approximate surface area is 121 Å². The predicted octanol–water partition coefficient (Wildman–Crippen LogP) is 2.69. The molecule has 2 rings (SSSR count). The molecular formula is C14H17BrN4. The number of anilines is 1. The molecule has 1 aromatic heterocycles. The summed E-state index contributed by atoms with van der Waals surface area (Å²) in [7, 11) is 1.98. The lowest BCUT2D eigenvalue weighted by Gasteiger charge is -2.16. The number of nitrogens with two attached hydrogens (primary N) is 1. The van der Waals surface area contributed by atoms with Gasteiger partial charge in [-0.15, -0.1) is 0 Å². The molecule has 0 aliphatic rings. The Morgan fingerprint density at radius 3 is 2.32 bits per heavy atom. The van der Waals surface area contributed by atoms with Crippen LogP contribution >= 0.6 is 15.9 Å². The highest BCUT2D eigenvalue weighted by molar-refractivity contribution is 9.10. The Kier molecular flexibility index (Phi) is 4.87. The summed E-state index contributed by atoms with van der Waals surface area (Å²) >= 11 is 3.42. The molecular weight excluding hydrogens is 304 g/mol. The van der Waals surface area contributed by atoms with Crippen molar-refractivity contribution in [2.45, 2.75) is 6.42 Å². The summed E-state index contributed by atoms with van der Waals surface area (Å²) in [4.78, 5) is 10.8. The number of benzene rings is 1. The third-order valence-corrected chi connectivity index (χ3v) is 3.38. The first kappa shape index (κ1) is 14.0. The van der Waals surface area contributed by atoms with Gasteiger partial charge in [0.25, 0.3) is 0 Å². The van der Waals surface area contributed by atoms with E-state index < -0.39 is 0 Å². The molecule has 0 aliphatic carbocycles. The van der Waals surface area contributed by atoms with Gasteiger partial charge in [0.15, 0.2) is 0 Å². The summed E-state index contributed by atoms with van der Waals surface area (Å²) in [5.41, 5.74) is 7.62. The van der Waals surface area contributed by atoms with E-state index in [9.17, 15) is 0 Å². The minimum absolute atomic E-state index is 0.682. The molecule has 4 nitrogen and oxygen atoms in total. The Hall–Kier alpha value is -1.46. The molecule has 2 N–H and O–H groups in total. The molecule has 1 heterocycles. The minimum Gasteiger partial charge on any atom is -0.344 e. The SMILES string of the molecule is CN(CCCN)c1ncc(-c2ccc(Br)cc2)cn1. The van der Waals surface area contributed by atoms with Crippen molar-refractivity contribution in [2.24, 2.45) is 5.73 Å². The van der Waals surface area contributed by atoms with Crippen LogP contribution in [0.1, 0.15) is 6.42 Å². The van der Waals surface area contributed by atoms with Crippen molar-refractivity contribution in [2.75, 3.05) is 25.0 Å². The van der Waals surface area contributed by atoms with Crippen molar-refractivity contribution in [3.05, 3.63) is 41.1 Å². The highest BCUT2D eigenvalue weighted by atomic mass is 79.9. The number of rotatable bonds is 5. The van der Waals surface area contributed by atoms with E-state index in [0.29, 0.717) is 6.54 Å². The van der Waals surface area contributed by atoms with Crippen LogP contribution in [0.3, 0.4) is 0 Å². The average molecular weight is 321 g/mol. The van der Waals surface area contributed by atoms with E-state index in [1.54, 1.807) is 0 Å². The maximum atomic E-state index is 5.50. The molecule has 0 aliphatic heterocycles. The molecule has 0 saturated carbocycles. The van der Waals surface area contributed by atoms with Gasteiger partial charge in [-0.05, 0) is 30.7 Å². The molecule has 0 spiro atoms. The van der Waals surface area contributed by atoms with Gasteiger partial charge >= 0.3 is 0 Å². The molecule has 0 fully saturated rings. The molecule has 0 radical (unpaired) electrons. The Morgan fingerprint density at radius 1 is 1.11 bits per heavy atom. The third-order valence-electron chi connectivity index (χ3n) is 2.85. The fourth-order valence-electron chi connectivity index (χ4n) is 1.74. The first-order valence-corrected chi connectivity index (χ1v) is 6.99. The Balaban J connectivity index is 2.11. The largest absolute Gasteiger partial charge is 0.344 e. The summed E-state index contributed by atoms with van der Waals surface area (Å²) in [6.45, 7) is 1.55. The number of aromatic nitrogens is 2. The van der Waals surface area contributed by atoms with Crippen molar-refractivity contribution in [3.63, 3.8) is 0 Å². The molecule has 0 bridgehead atoms. The van der Waals surface area contributed by atoms with Gasteiger partial charge in [0.05, 0.1) is 0 Å². The highest BCUT2D eigenvalue weighted by Gasteiger charge is 2.04. The van der Waals surface area contributed by atoms with Gasteiger partial charge in [-0.25, -0.2) is 9.97 Å². The van der Waals surface area contributed by atoms with Gasteiger partial charge in [0.2, 0.25) is 5.95 Å². The van der Waals surface area contributed by atoms with Gasteiger partial charge in [0, 0.05) is 36.0 Å². The second-order valence-electron chi connectivity index (χ2n) is 4.34. The van der Waals surface area contributed by atoms with E-state index in [1.165, 1.54) is 0 Å². The zero-order valence-electron chi connectivity index (χ0n) is 10.9. The molecule has 0 saturated heterocycles. The van der Waals surface area contributed by atoms with Gasteiger partial charge in [-0.2, -0.15) is 0 Å². The van der Waals surface area contributed by atoms with E-state index >= 15 is 0 Å². The molecule has 0 unspecified atom stereocenters. The quantitative estimate of drug-likeness (QED) is 0.920. The summed E-state index contributed by atoms with van der Waals surface area (Å²) in [6.07, 6.45) is 4.64. The molecule has 2 aromatic rings. The summed E-state index contributed by atoms with van der Waals surface area (Å²) in [5.74, 6) is 0.731. The number of hydrogen-bond acceptors (Lipinski definition) is 4. The van der Waals surface area contributed by atoms with Crippen LogP contribution in [-0.2, 0) is 0 Å². The van der Waals surface area contributed by atoms with Gasteiger partial charge < -0.3 is 10.6 Å². The normalized spacial score (nSPS) is 10.5. The van der Waals surface area contributed by atoms with E-state index in [-0.39, 0.29) is 0 Å². The topological polar surface area (TPSA) is 55.0 Å². The zero-order valence-corrected chi connectivity index (χ0v) is 12.5. The average Bonchev–Trinajstić information content (AvgIpc) is 2.46. The number of halogens is 1. The standard InChI is InChI=1S/C14H17BrN4/c1-19(8-2-7-16)14-17-9-12(10-18-14)11-3-5-13(15)6-4-11/h3-6,9-10H,2,7-8,16H2,1H3. The minimum atomic E-state index is 0.682.